The average Bonchev–Trinajstić information content (AvgIpc) is 2.69. The Kier molecular flexibility index (Phi) is 6.66. The molecule has 1 aromatic heterocycles. The van der Waals surface area contributed by atoms with Crippen molar-refractivity contribution in [1.82, 2.24) is 14.0 Å². The van der Waals surface area contributed by atoms with E-state index in [0.29, 0.717) is 45.0 Å². The van der Waals surface area contributed by atoms with Gasteiger partial charge in [-0.05, 0) is 39.5 Å². The third kappa shape index (κ3) is 4.19. The van der Waals surface area contributed by atoms with Crippen molar-refractivity contribution < 1.29 is 9.53 Å². The second-order valence-electron chi connectivity index (χ2n) is 8.09. The van der Waals surface area contributed by atoms with Gasteiger partial charge < -0.3 is 20.3 Å². The zero-order valence-electron chi connectivity index (χ0n) is 17.7. The molecular formula is C20H33N5O4. The van der Waals surface area contributed by atoms with Gasteiger partial charge in [0, 0.05) is 31.7 Å². The first-order valence-corrected chi connectivity index (χ1v) is 10.6. The minimum Gasteiger partial charge on any atom is -0.383 e. The molecule has 3 heterocycles. The number of carbonyl (C=O) groups is 1. The largest absolute Gasteiger partial charge is 0.383 e. The van der Waals surface area contributed by atoms with Gasteiger partial charge in [-0.25, -0.2) is 9.36 Å². The lowest BCUT2D eigenvalue weighted by Crippen LogP contribution is -2.52. The number of likely N-dealkylation sites (tertiary alicyclic amines) is 1. The minimum absolute atomic E-state index is 0.104. The summed E-state index contributed by atoms with van der Waals surface area (Å²) in [5.74, 6) is -0.0168. The van der Waals surface area contributed by atoms with Crippen molar-refractivity contribution in [3.05, 3.63) is 20.8 Å². The summed E-state index contributed by atoms with van der Waals surface area (Å²) in [7, 11) is 0. The molecule has 0 spiro atoms. The molecule has 2 fully saturated rings. The van der Waals surface area contributed by atoms with Crippen LogP contribution in [0.3, 0.4) is 0 Å². The van der Waals surface area contributed by atoms with Crippen LogP contribution in [0.15, 0.2) is 9.59 Å². The standard InChI is InChI=1S/C20H33N5O4/c1-4-8-23-18(21)17(22-9-11-29-12-10-22)19(27)24(20(23)28)13-16(26)25-14(2)6-5-7-15(25)3/h14-15H,4-13,21H2,1-3H3/t14-,15+. The number of amides is 1. The van der Waals surface area contributed by atoms with Gasteiger partial charge in [0.1, 0.15) is 18.1 Å². The lowest BCUT2D eigenvalue weighted by Gasteiger charge is -2.39. The zero-order valence-corrected chi connectivity index (χ0v) is 17.7. The van der Waals surface area contributed by atoms with E-state index >= 15 is 0 Å². The summed E-state index contributed by atoms with van der Waals surface area (Å²) in [6.07, 6.45) is 3.65. The zero-order chi connectivity index (χ0) is 21.1. The molecule has 3 rings (SSSR count). The number of carbonyl (C=O) groups excluding carboxylic acids is 1. The van der Waals surface area contributed by atoms with Crippen LogP contribution in [0.4, 0.5) is 11.5 Å². The molecular weight excluding hydrogens is 374 g/mol. The molecule has 2 aliphatic heterocycles. The van der Waals surface area contributed by atoms with Crippen molar-refractivity contribution in [2.75, 3.05) is 36.9 Å². The highest BCUT2D eigenvalue weighted by atomic mass is 16.5. The van der Waals surface area contributed by atoms with Crippen LogP contribution in [0.2, 0.25) is 0 Å². The van der Waals surface area contributed by atoms with Gasteiger partial charge in [0.05, 0.1) is 13.2 Å². The summed E-state index contributed by atoms with van der Waals surface area (Å²) in [6, 6.07) is 0.208. The van der Waals surface area contributed by atoms with Crippen LogP contribution in [0, 0.1) is 0 Å². The molecule has 9 nitrogen and oxygen atoms in total. The van der Waals surface area contributed by atoms with Crippen LogP contribution >= 0.6 is 0 Å². The molecule has 0 bridgehead atoms. The van der Waals surface area contributed by atoms with Crippen molar-refractivity contribution in [2.24, 2.45) is 0 Å². The molecule has 0 aromatic carbocycles. The molecule has 1 aromatic rings. The monoisotopic (exact) mass is 407 g/mol. The maximum Gasteiger partial charge on any atom is 0.333 e. The summed E-state index contributed by atoms with van der Waals surface area (Å²) >= 11 is 0. The minimum atomic E-state index is -0.517. The molecule has 2 saturated heterocycles. The van der Waals surface area contributed by atoms with Gasteiger partial charge in [0.25, 0.3) is 5.56 Å². The fourth-order valence-electron chi connectivity index (χ4n) is 4.49. The second kappa shape index (κ2) is 9.02. The van der Waals surface area contributed by atoms with E-state index in [1.165, 1.54) is 4.57 Å². The lowest BCUT2D eigenvalue weighted by atomic mass is 9.97. The summed E-state index contributed by atoms with van der Waals surface area (Å²) in [6.45, 7) is 8.16. The van der Waals surface area contributed by atoms with Gasteiger partial charge in [-0.3, -0.25) is 14.2 Å². The maximum atomic E-state index is 13.3. The average molecular weight is 408 g/mol. The number of piperidine rings is 1. The molecule has 0 aliphatic carbocycles. The SMILES string of the molecule is CCCn1c(N)c(N2CCOCC2)c(=O)n(CC(=O)N2[C@H](C)CCC[C@@H]2C)c1=O. The normalized spacial score (nSPS) is 22.7. The van der Waals surface area contributed by atoms with Crippen molar-refractivity contribution in [3.63, 3.8) is 0 Å². The number of anilines is 2. The Hall–Kier alpha value is -2.29. The second-order valence-corrected chi connectivity index (χ2v) is 8.09. The van der Waals surface area contributed by atoms with Crippen LogP contribution < -0.4 is 21.9 Å². The van der Waals surface area contributed by atoms with E-state index in [1.807, 2.05) is 30.6 Å². The first-order chi connectivity index (χ1) is 13.9. The van der Waals surface area contributed by atoms with Gasteiger partial charge in [-0.2, -0.15) is 0 Å². The quantitative estimate of drug-likeness (QED) is 0.768. The molecule has 0 unspecified atom stereocenters. The molecule has 2 aliphatic rings. The number of hydrogen-bond acceptors (Lipinski definition) is 6. The van der Waals surface area contributed by atoms with Crippen LogP contribution in [-0.2, 0) is 22.6 Å². The molecule has 9 heteroatoms. The molecule has 1 amide bonds. The Bertz CT molecular complexity index is 846. The maximum absolute atomic E-state index is 13.3. The highest BCUT2D eigenvalue weighted by Gasteiger charge is 2.31. The van der Waals surface area contributed by atoms with Crippen LogP contribution in [0.1, 0.15) is 46.5 Å². The number of nitrogen functional groups attached to an aromatic ring is 1. The smallest absolute Gasteiger partial charge is 0.333 e. The van der Waals surface area contributed by atoms with Crippen LogP contribution in [0.5, 0.6) is 0 Å². The highest BCUT2D eigenvalue weighted by Crippen LogP contribution is 2.23. The molecule has 2 atom stereocenters. The van der Waals surface area contributed by atoms with Gasteiger partial charge in [0.15, 0.2) is 0 Å². The molecule has 0 saturated carbocycles. The van der Waals surface area contributed by atoms with Crippen LogP contribution in [-0.4, -0.2) is 58.3 Å². The van der Waals surface area contributed by atoms with Gasteiger partial charge >= 0.3 is 5.69 Å². The molecule has 2 N–H and O–H groups in total. The topological polar surface area (TPSA) is 103 Å². The van der Waals surface area contributed by atoms with Crippen molar-refractivity contribution in [2.45, 2.75) is 71.6 Å². The summed E-state index contributed by atoms with van der Waals surface area (Å²) in [4.78, 5) is 43.1. The molecule has 162 valence electrons. The Morgan fingerprint density at radius 2 is 1.72 bits per heavy atom. The van der Waals surface area contributed by atoms with E-state index in [-0.39, 0.29) is 30.4 Å². The third-order valence-electron chi connectivity index (χ3n) is 5.99. The van der Waals surface area contributed by atoms with E-state index in [4.69, 9.17) is 10.5 Å². The van der Waals surface area contributed by atoms with Gasteiger partial charge in [0.2, 0.25) is 5.91 Å². The summed E-state index contributed by atoms with van der Waals surface area (Å²) in [5, 5.41) is 0. The number of morpholine rings is 1. The number of ether oxygens (including phenoxy) is 1. The molecule has 0 radical (unpaired) electrons. The number of nitrogens with two attached hydrogens (primary N) is 1. The Labute approximate surface area is 171 Å². The fourth-order valence-corrected chi connectivity index (χ4v) is 4.49. The Morgan fingerprint density at radius 3 is 2.31 bits per heavy atom. The van der Waals surface area contributed by atoms with Gasteiger partial charge in [-0.15, -0.1) is 0 Å². The number of nitrogens with zero attached hydrogens (tertiary/aromatic N) is 4. The molecule has 29 heavy (non-hydrogen) atoms. The van der Waals surface area contributed by atoms with Crippen molar-refractivity contribution >= 4 is 17.4 Å². The highest BCUT2D eigenvalue weighted by molar-refractivity contribution is 5.77. The number of rotatable bonds is 5. The predicted octanol–water partition coefficient (Wildman–Crippen LogP) is 0.628. The van der Waals surface area contributed by atoms with Gasteiger partial charge in [-0.1, -0.05) is 6.92 Å². The fraction of sp³-hybridized carbons (Fsp3) is 0.750. The van der Waals surface area contributed by atoms with E-state index in [1.54, 1.807) is 0 Å². The van der Waals surface area contributed by atoms with E-state index < -0.39 is 11.2 Å². The summed E-state index contributed by atoms with van der Waals surface area (Å²) in [5.41, 5.74) is 5.55. The Balaban J connectivity index is 2.03. The third-order valence-corrected chi connectivity index (χ3v) is 5.99. The summed E-state index contributed by atoms with van der Waals surface area (Å²) < 4.78 is 7.86. The van der Waals surface area contributed by atoms with E-state index in [2.05, 4.69) is 0 Å². The van der Waals surface area contributed by atoms with E-state index in [9.17, 15) is 14.4 Å². The first kappa shape index (κ1) is 21.4. The van der Waals surface area contributed by atoms with E-state index in [0.717, 1.165) is 23.8 Å². The van der Waals surface area contributed by atoms with Crippen molar-refractivity contribution in [1.29, 1.82) is 0 Å². The predicted molar refractivity (Wildman–Crippen MR) is 112 cm³/mol. The van der Waals surface area contributed by atoms with Crippen molar-refractivity contribution in [3.8, 4) is 0 Å². The lowest BCUT2D eigenvalue weighted by molar-refractivity contribution is -0.138. The van der Waals surface area contributed by atoms with Crippen LogP contribution in [0.25, 0.3) is 0 Å². The Morgan fingerprint density at radius 1 is 1.10 bits per heavy atom. The first-order valence-electron chi connectivity index (χ1n) is 10.6. The number of aromatic nitrogens is 2. The number of hydrogen-bond donors (Lipinski definition) is 1.